The van der Waals surface area contributed by atoms with E-state index in [0.29, 0.717) is 18.2 Å². The van der Waals surface area contributed by atoms with Crippen LogP contribution in [0.2, 0.25) is 0 Å². The third-order valence-corrected chi connectivity index (χ3v) is 3.68. The summed E-state index contributed by atoms with van der Waals surface area (Å²) in [5.74, 6) is -0.348. The van der Waals surface area contributed by atoms with Gasteiger partial charge in [0.25, 0.3) is 0 Å². The van der Waals surface area contributed by atoms with Crippen molar-refractivity contribution in [2.45, 2.75) is 57.1 Å². The quantitative estimate of drug-likeness (QED) is 0.585. The fraction of sp³-hybridized carbons (Fsp3) is 1.00. The third-order valence-electron chi connectivity index (χ3n) is 3.68. The molecule has 0 radical (unpaired) electrons. The second-order valence-electron chi connectivity index (χ2n) is 5.20. The van der Waals surface area contributed by atoms with Crippen molar-refractivity contribution in [1.82, 2.24) is 4.90 Å². The van der Waals surface area contributed by atoms with Gasteiger partial charge in [0.2, 0.25) is 0 Å². The first-order valence-electron chi connectivity index (χ1n) is 5.75. The smallest absolute Gasteiger partial charge is 0.163 e. The minimum absolute atomic E-state index is 0.327. The lowest BCUT2D eigenvalue weighted by Gasteiger charge is -2.33. The third kappa shape index (κ3) is 1.30. The first-order valence-corrected chi connectivity index (χ1v) is 5.75. The summed E-state index contributed by atoms with van der Waals surface area (Å²) in [5.41, 5.74) is 0. The van der Waals surface area contributed by atoms with Crippen LogP contribution in [0.25, 0.3) is 0 Å². The van der Waals surface area contributed by atoms with E-state index < -0.39 is 0 Å². The Morgan fingerprint density at radius 3 is 2.93 bits per heavy atom. The summed E-state index contributed by atoms with van der Waals surface area (Å²) in [4.78, 5) is 2.55. The van der Waals surface area contributed by atoms with Crippen LogP contribution in [0.3, 0.4) is 0 Å². The van der Waals surface area contributed by atoms with Gasteiger partial charge >= 0.3 is 0 Å². The molecule has 3 saturated heterocycles. The summed E-state index contributed by atoms with van der Waals surface area (Å²) in [6.07, 6.45) is 4.66. The number of piperidine rings is 1. The average Bonchev–Trinajstić information content (AvgIpc) is 2.56. The maximum atomic E-state index is 5.98. The highest BCUT2D eigenvalue weighted by Gasteiger charge is 2.52. The van der Waals surface area contributed by atoms with Crippen molar-refractivity contribution in [3.63, 3.8) is 0 Å². The van der Waals surface area contributed by atoms with Crippen LogP contribution in [0.15, 0.2) is 0 Å². The van der Waals surface area contributed by atoms with Crippen molar-refractivity contribution >= 4 is 0 Å². The van der Waals surface area contributed by atoms with Crippen molar-refractivity contribution < 1.29 is 9.47 Å². The molecule has 3 unspecified atom stereocenters. The van der Waals surface area contributed by atoms with E-state index in [1.165, 1.54) is 25.8 Å². The van der Waals surface area contributed by atoms with Crippen LogP contribution in [0.4, 0.5) is 0 Å². The molecule has 3 aliphatic rings. The number of fused-ring (bicyclic) bond motifs is 3. The Hall–Kier alpha value is -0.120. The molecule has 3 rings (SSSR count). The Labute approximate surface area is 85.4 Å². The molecule has 80 valence electrons. The predicted molar refractivity (Wildman–Crippen MR) is 53.0 cm³/mol. The monoisotopic (exact) mass is 197 g/mol. The molecule has 0 aromatic heterocycles. The van der Waals surface area contributed by atoms with E-state index in [1.54, 1.807) is 0 Å². The second-order valence-corrected chi connectivity index (χ2v) is 5.20. The molecular weight excluding hydrogens is 178 g/mol. The van der Waals surface area contributed by atoms with Crippen LogP contribution in [-0.4, -0.2) is 42.0 Å². The molecule has 0 amide bonds. The number of hydrogen-bond acceptors (Lipinski definition) is 3. The zero-order chi connectivity index (χ0) is 9.76. The van der Waals surface area contributed by atoms with E-state index in [4.69, 9.17) is 9.47 Å². The van der Waals surface area contributed by atoms with Crippen LogP contribution < -0.4 is 0 Å². The van der Waals surface area contributed by atoms with E-state index in [-0.39, 0.29) is 5.79 Å². The standard InChI is InChI=1S/C11H19NO2/c1-11(2)13-9-7-12-6-4-3-5-8(12)10(9)14-11/h8-10H,3-7H2,1-2H3. The van der Waals surface area contributed by atoms with Crippen LogP contribution in [0.5, 0.6) is 0 Å². The molecule has 0 aromatic carbocycles. The molecule has 0 saturated carbocycles. The summed E-state index contributed by atoms with van der Waals surface area (Å²) >= 11 is 0. The van der Waals surface area contributed by atoms with Crippen molar-refractivity contribution in [2.75, 3.05) is 13.1 Å². The van der Waals surface area contributed by atoms with Gasteiger partial charge in [-0.25, -0.2) is 0 Å². The molecule has 0 aromatic rings. The van der Waals surface area contributed by atoms with Gasteiger partial charge in [0.1, 0.15) is 12.2 Å². The Bertz CT molecular complexity index is 241. The number of hydrogen-bond donors (Lipinski definition) is 0. The molecule has 3 aliphatic heterocycles. The second kappa shape index (κ2) is 2.94. The van der Waals surface area contributed by atoms with E-state index in [9.17, 15) is 0 Å². The minimum Gasteiger partial charge on any atom is -0.343 e. The molecule has 3 fully saturated rings. The minimum atomic E-state index is -0.348. The van der Waals surface area contributed by atoms with Crippen molar-refractivity contribution in [3.05, 3.63) is 0 Å². The van der Waals surface area contributed by atoms with Gasteiger partial charge in [0.15, 0.2) is 5.79 Å². The first kappa shape index (κ1) is 9.13. The van der Waals surface area contributed by atoms with E-state index in [1.807, 2.05) is 13.8 Å². The normalized spacial score (nSPS) is 46.3. The zero-order valence-electron chi connectivity index (χ0n) is 9.03. The summed E-state index contributed by atoms with van der Waals surface area (Å²) in [6.45, 7) is 6.38. The molecule has 3 heterocycles. The maximum absolute atomic E-state index is 5.98. The van der Waals surface area contributed by atoms with Gasteiger partial charge in [-0.3, -0.25) is 4.90 Å². The molecule has 0 N–H and O–H groups in total. The largest absolute Gasteiger partial charge is 0.343 e. The zero-order valence-corrected chi connectivity index (χ0v) is 9.03. The highest BCUT2D eigenvalue weighted by molar-refractivity contribution is 5.00. The maximum Gasteiger partial charge on any atom is 0.163 e. The molecular formula is C11H19NO2. The Morgan fingerprint density at radius 1 is 1.21 bits per heavy atom. The van der Waals surface area contributed by atoms with Gasteiger partial charge in [-0.05, 0) is 33.2 Å². The highest BCUT2D eigenvalue weighted by atomic mass is 16.8. The van der Waals surface area contributed by atoms with Crippen LogP contribution >= 0.6 is 0 Å². The Balaban J connectivity index is 1.78. The lowest BCUT2D eigenvalue weighted by Crippen LogP contribution is -2.41. The Kier molecular flexibility index (Phi) is 1.92. The molecule has 0 bridgehead atoms. The van der Waals surface area contributed by atoms with E-state index in [0.717, 1.165) is 6.54 Å². The van der Waals surface area contributed by atoms with E-state index >= 15 is 0 Å². The summed E-state index contributed by atoms with van der Waals surface area (Å²) in [6, 6.07) is 0.635. The number of rotatable bonds is 0. The Morgan fingerprint density at radius 2 is 2.07 bits per heavy atom. The SMILES string of the molecule is CC1(C)OC2CN3CCCCC3C2O1. The average molecular weight is 197 g/mol. The lowest BCUT2D eigenvalue weighted by atomic mass is 10.0. The topological polar surface area (TPSA) is 21.7 Å². The van der Waals surface area contributed by atoms with Crippen LogP contribution in [0, 0.1) is 0 Å². The van der Waals surface area contributed by atoms with E-state index in [2.05, 4.69) is 4.90 Å². The number of ether oxygens (including phenoxy) is 2. The van der Waals surface area contributed by atoms with Gasteiger partial charge in [-0.15, -0.1) is 0 Å². The van der Waals surface area contributed by atoms with Gasteiger partial charge < -0.3 is 9.47 Å². The van der Waals surface area contributed by atoms with Crippen LogP contribution in [0.1, 0.15) is 33.1 Å². The fourth-order valence-corrected chi connectivity index (χ4v) is 3.18. The highest BCUT2D eigenvalue weighted by Crippen LogP contribution is 2.39. The molecule has 3 nitrogen and oxygen atoms in total. The number of nitrogens with zero attached hydrogens (tertiary/aromatic N) is 1. The van der Waals surface area contributed by atoms with Crippen molar-refractivity contribution in [3.8, 4) is 0 Å². The molecule has 14 heavy (non-hydrogen) atoms. The molecule has 0 aliphatic carbocycles. The van der Waals surface area contributed by atoms with Crippen molar-refractivity contribution in [2.24, 2.45) is 0 Å². The van der Waals surface area contributed by atoms with Gasteiger partial charge in [-0.2, -0.15) is 0 Å². The molecule has 0 spiro atoms. The fourth-order valence-electron chi connectivity index (χ4n) is 3.18. The first-order chi connectivity index (χ1) is 6.66. The van der Waals surface area contributed by atoms with Gasteiger partial charge in [0.05, 0.1) is 0 Å². The van der Waals surface area contributed by atoms with Crippen molar-refractivity contribution in [1.29, 1.82) is 0 Å². The van der Waals surface area contributed by atoms with Gasteiger partial charge in [-0.1, -0.05) is 6.42 Å². The summed E-state index contributed by atoms with van der Waals surface area (Å²) in [5, 5.41) is 0. The molecule has 3 heteroatoms. The van der Waals surface area contributed by atoms with Crippen LogP contribution in [-0.2, 0) is 9.47 Å². The van der Waals surface area contributed by atoms with Gasteiger partial charge in [0, 0.05) is 12.6 Å². The lowest BCUT2D eigenvalue weighted by molar-refractivity contribution is -0.163. The summed E-state index contributed by atoms with van der Waals surface area (Å²) in [7, 11) is 0. The predicted octanol–water partition coefficient (Wildman–Crippen LogP) is 1.37. The molecule has 3 atom stereocenters. The summed E-state index contributed by atoms with van der Waals surface area (Å²) < 4.78 is 11.9.